The molecule has 0 aliphatic carbocycles. The summed E-state index contributed by atoms with van der Waals surface area (Å²) >= 11 is 0. The fraction of sp³-hybridized carbons (Fsp3) is 0.400. The lowest BCUT2D eigenvalue weighted by Crippen LogP contribution is -2.02. The molecule has 0 radical (unpaired) electrons. The van der Waals surface area contributed by atoms with E-state index >= 15 is 0 Å². The molecule has 0 aliphatic rings. The SMILES string of the molecule is NCCc1cc(N)on1. The minimum absolute atomic E-state index is 0.346. The first kappa shape index (κ1) is 6.10. The van der Waals surface area contributed by atoms with Crippen LogP contribution in [0, 0.1) is 0 Å². The molecule has 50 valence electrons. The van der Waals surface area contributed by atoms with Crippen LogP contribution in [-0.4, -0.2) is 11.7 Å². The zero-order valence-corrected chi connectivity index (χ0v) is 5.00. The third-order valence-corrected chi connectivity index (χ3v) is 0.978. The van der Waals surface area contributed by atoms with Crippen LogP contribution in [0.3, 0.4) is 0 Å². The van der Waals surface area contributed by atoms with Crippen LogP contribution in [0.5, 0.6) is 0 Å². The van der Waals surface area contributed by atoms with Crippen molar-refractivity contribution < 1.29 is 4.52 Å². The summed E-state index contributed by atoms with van der Waals surface area (Å²) in [5.41, 5.74) is 11.3. The minimum Gasteiger partial charge on any atom is -0.368 e. The van der Waals surface area contributed by atoms with E-state index in [1.165, 1.54) is 0 Å². The van der Waals surface area contributed by atoms with Crippen LogP contribution in [0.15, 0.2) is 10.6 Å². The lowest BCUT2D eigenvalue weighted by Gasteiger charge is -1.83. The van der Waals surface area contributed by atoms with Gasteiger partial charge in [0, 0.05) is 12.5 Å². The van der Waals surface area contributed by atoms with Gasteiger partial charge >= 0.3 is 0 Å². The van der Waals surface area contributed by atoms with Crippen LogP contribution in [0.4, 0.5) is 5.88 Å². The van der Waals surface area contributed by atoms with Gasteiger partial charge in [-0.2, -0.15) is 0 Å². The lowest BCUT2D eigenvalue weighted by atomic mass is 10.3. The van der Waals surface area contributed by atoms with Gasteiger partial charge in [-0.1, -0.05) is 5.16 Å². The molecule has 0 spiro atoms. The fourth-order valence-corrected chi connectivity index (χ4v) is 0.594. The number of nitrogens with zero attached hydrogens (tertiary/aromatic N) is 1. The molecule has 1 aromatic rings. The average molecular weight is 127 g/mol. The van der Waals surface area contributed by atoms with Gasteiger partial charge in [0.05, 0.1) is 5.69 Å². The standard InChI is InChI=1S/C5H9N3O/c6-2-1-4-3-5(7)9-8-4/h3H,1-2,6-7H2. The Balaban J connectivity index is 2.61. The predicted octanol–water partition coefficient (Wildman–Crippen LogP) is -0.242. The van der Waals surface area contributed by atoms with E-state index in [9.17, 15) is 0 Å². The molecule has 0 bridgehead atoms. The maximum absolute atomic E-state index is 5.25. The van der Waals surface area contributed by atoms with Crippen LogP contribution in [-0.2, 0) is 6.42 Å². The normalized spacial score (nSPS) is 9.89. The van der Waals surface area contributed by atoms with E-state index in [-0.39, 0.29) is 0 Å². The molecule has 4 nitrogen and oxygen atoms in total. The smallest absolute Gasteiger partial charge is 0.222 e. The zero-order chi connectivity index (χ0) is 6.69. The molecule has 0 fully saturated rings. The van der Waals surface area contributed by atoms with Crippen LogP contribution >= 0.6 is 0 Å². The quantitative estimate of drug-likeness (QED) is 0.574. The highest BCUT2D eigenvalue weighted by Gasteiger charge is 1.96. The van der Waals surface area contributed by atoms with Crippen molar-refractivity contribution in [1.82, 2.24) is 5.16 Å². The Labute approximate surface area is 52.8 Å². The van der Waals surface area contributed by atoms with Crippen LogP contribution in [0.1, 0.15) is 5.69 Å². The molecule has 0 aromatic carbocycles. The summed E-state index contributed by atoms with van der Waals surface area (Å²) in [6.07, 6.45) is 0.723. The molecule has 4 N–H and O–H groups in total. The number of rotatable bonds is 2. The Kier molecular flexibility index (Phi) is 1.69. The van der Waals surface area contributed by atoms with Crippen LogP contribution in [0.2, 0.25) is 0 Å². The highest BCUT2D eigenvalue weighted by atomic mass is 16.5. The summed E-state index contributed by atoms with van der Waals surface area (Å²) in [6, 6.07) is 1.67. The van der Waals surface area contributed by atoms with E-state index < -0.39 is 0 Å². The highest BCUT2D eigenvalue weighted by molar-refractivity contribution is 5.24. The van der Waals surface area contributed by atoms with Crippen LogP contribution < -0.4 is 11.5 Å². The van der Waals surface area contributed by atoms with E-state index in [0.717, 1.165) is 12.1 Å². The lowest BCUT2D eigenvalue weighted by molar-refractivity contribution is 0.428. The summed E-state index contributed by atoms with van der Waals surface area (Å²) < 4.78 is 4.59. The molecule has 0 amide bonds. The number of nitrogens with two attached hydrogens (primary N) is 2. The van der Waals surface area contributed by atoms with Crippen molar-refractivity contribution in [2.75, 3.05) is 12.3 Å². The summed E-state index contributed by atoms with van der Waals surface area (Å²) in [6.45, 7) is 0.575. The van der Waals surface area contributed by atoms with Gasteiger partial charge in [0.25, 0.3) is 0 Å². The van der Waals surface area contributed by atoms with Crippen molar-refractivity contribution in [1.29, 1.82) is 0 Å². The molecule has 9 heavy (non-hydrogen) atoms. The summed E-state index contributed by atoms with van der Waals surface area (Å²) in [7, 11) is 0. The summed E-state index contributed by atoms with van der Waals surface area (Å²) in [5, 5.41) is 3.63. The minimum atomic E-state index is 0.346. The summed E-state index contributed by atoms with van der Waals surface area (Å²) in [5.74, 6) is 0.346. The van der Waals surface area contributed by atoms with E-state index in [1.807, 2.05) is 0 Å². The zero-order valence-electron chi connectivity index (χ0n) is 5.00. The molecule has 0 aliphatic heterocycles. The molecular weight excluding hydrogens is 118 g/mol. The van der Waals surface area contributed by atoms with Crippen molar-refractivity contribution in [2.45, 2.75) is 6.42 Å². The van der Waals surface area contributed by atoms with Gasteiger partial charge < -0.3 is 16.0 Å². The number of anilines is 1. The molecule has 1 heterocycles. The monoisotopic (exact) mass is 127 g/mol. The fourth-order valence-electron chi connectivity index (χ4n) is 0.594. The van der Waals surface area contributed by atoms with E-state index in [4.69, 9.17) is 11.5 Å². The number of nitrogen functional groups attached to an aromatic ring is 1. The van der Waals surface area contributed by atoms with Crippen molar-refractivity contribution in [3.63, 3.8) is 0 Å². The molecule has 0 saturated carbocycles. The number of hydrogen-bond acceptors (Lipinski definition) is 4. The second-order valence-corrected chi connectivity index (χ2v) is 1.76. The van der Waals surface area contributed by atoms with Crippen LogP contribution in [0.25, 0.3) is 0 Å². The Morgan fingerprint density at radius 3 is 2.89 bits per heavy atom. The Bertz CT molecular complexity index is 184. The number of aromatic nitrogens is 1. The topological polar surface area (TPSA) is 78.1 Å². The Morgan fingerprint density at radius 2 is 2.44 bits per heavy atom. The van der Waals surface area contributed by atoms with E-state index in [1.54, 1.807) is 6.07 Å². The first-order valence-electron chi connectivity index (χ1n) is 2.74. The van der Waals surface area contributed by atoms with Gasteiger partial charge in [-0.3, -0.25) is 0 Å². The van der Waals surface area contributed by atoms with Crippen molar-refractivity contribution >= 4 is 5.88 Å². The second kappa shape index (κ2) is 2.50. The van der Waals surface area contributed by atoms with E-state index in [0.29, 0.717) is 12.4 Å². The maximum atomic E-state index is 5.25. The van der Waals surface area contributed by atoms with Crippen molar-refractivity contribution in [3.8, 4) is 0 Å². The highest BCUT2D eigenvalue weighted by Crippen LogP contribution is 2.03. The molecular formula is C5H9N3O. The maximum Gasteiger partial charge on any atom is 0.222 e. The third kappa shape index (κ3) is 1.43. The van der Waals surface area contributed by atoms with Gasteiger partial charge in [-0.05, 0) is 6.54 Å². The first-order chi connectivity index (χ1) is 4.33. The molecule has 1 aromatic heterocycles. The van der Waals surface area contributed by atoms with Crippen molar-refractivity contribution in [2.24, 2.45) is 5.73 Å². The van der Waals surface area contributed by atoms with Gasteiger partial charge in [-0.25, -0.2) is 0 Å². The molecule has 0 atom stereocenters. The predicted molar refractivity (Wildman–Crippen MR) is 33.7 cm³/mol. The molecule has 4 heteroatoms. The molecule has 0 unspecified atom stereocenters. The molecule has 1 rings (SSSR count). The average Bonchev–Trinajstić information content (AvgIpc) is 2.17. The number of hydrogen-bond donors (Lipinski definition) is 2. The molecule has 0 saturated heterocycles. The van der Waals surface area contributed by atoms with Gasteiger partial charge in [-0.15, -0.1) is 0 Å². The Hall–Kier alpha value is -1.03. The van der Waals surface area contributed by atoms with Gasteiger partial charge in [0.1, 0.15) is 0 Å². The van der Waals surface area contributed by atoms with Crippen molar-refractivity contribution in [3.05, 3.63) is 11.8 Å². The van der Waals surface area contributed by atoms with Gasteiger partial charge in [0.2, 0.25) is 5.88 Å². The Morgan fingerprint density at radius 1 is 1.67 bits per heavy atom. The third-order valence-electron chi connectivity index (χ3n) is 0.978. The largest absolute Gasteiger partial charge is 0.368 e. The summed E-state index contributed by atoms with van der Waals surface area (Å²) in [4.78, 5) is 0. The van der Waals surface area contributed by atoms with E-state index in [2.05, 4.69) is 9.68 Å². The first-order valence-corrected chi connectivity index (χ1v) is 2.74. The van der Waals surface area contributed by atoms with Gasteiger partial charge in [0.15, 0.2) is 0 Å². The second-order valence-electron chi connectivity index (χ2n) is 1.76.